The number of anilines is 1. The van der Waals surface area contributed by atoms with Crippen LogP contribution in [0.3, 0.4) is 0 Å². The molecule has 1 aliphatic heterocycles. The van der Waals surface area contributed by atoms with Gasteiger partial charge in [-0.25, -0.2) is 9.37 Å². The van der Waals surface area contributed by atoms with E-state index in [9.17, 15) is 4.39 Å². The van der Waals surface area contributed by atoms with Crippen molar-refractivity contribution in [3.8, 4) is 11.6 Å². The molecule has 5 nitrogen and oxygen atoms in total. The van der Waals surface area contributed by atoms with Crippen LogP contribution in [0.2, 0.25) is 0 Å². The monoisotopic (exact) mass is 348 g/mol. The van der Waals surface area contributed by atoms with Gasteiger partial charge in [0.1, 0.15) is 11.6 Å². The van der Waals surface area contributed by atoms with Gasteiger partial charge in [-0.15, -0.1) is 0 Å². The van der Waals surface area contributed by atoms with Crippen molar-refractivity contribution in [1.29, 1.82) is 0 Å². The van der Waals surface area contributed by atoms with Crippen molar-refractivity contribution in [2.45, 2.75) is 6.42 Å². The number of hydrogen-bond acceptors (Lipinski definition) is 5. The predicted molar refractivity (Wildman–Crippen MR) is 97.6 cm³/mol. The van der Waals surface area contributed by atoms with Crippen LogP contribution in [0.4, 0.5) is 10.3 Å². The average Bonchev–Trinajstić information content (AvgIpc) is 2.71. The van der Waals surface area contributed by atoms with Crippen molar-refractivity contribution < 1.29 is 9.13 Å². The van der Waals surface area contributed by atoms with Gasteiger partial charge >= 0.3 is 0 Å². The molecule has 4 rings (SSSR count). The minimum absolute atomic E-state index is 0.301. The highest BCUT2D eigenvalue weighted by molar-refractivity contribution is 5.67. The van der Waals surface area contributed by atoms with E-state index in [0.717, 1.165) is 25.1 Å². The summed E-state index contributed by atoms with van der Waals surface area (Å²) in [7, 11) is 0. The summed E-state index contributed by atoms with van der Waals surface area (Å²) < 4.78 is 18.7. The number of halogens is 1. The number of benzene rings is 1. The molecule has 0 amide bonds. The summed E-state index contributed by atoms with van der Waals surface area (Å²) in [6.45, 7) is 1.55. The third kappa shape index (κ3) is 3.69. The van der Waals surface area contributed by atoms with Crippen molar-refractivity contribution in [3.63, 3.8) is 0 Å². The van der Waals surface area contributed by atoms with Crippen LogP contribution in [0.25, 0.3) is 5.57 Å². The molecular weight excluding hydrogens is 331 g/mol. The molecule has 0 saturated carbocycles. The zero-order valence-corrected chi connectivity index (χ0v) is 14.0. The second-order valence-electron chi connectivity index (χ2n) is 5.92. The van der Waals surface area contributed by atoms with E-state index in [0.29, 0.717) is 17.6 Å². The van der Waals surface area contributed by atoms with Crippen molar-refractivity contribution in [2.75, 3.05) is 18.0 Å². The average molecular weight is 348 g/mol. The summed E-state index contributed by atoms with van der Waals surface area (Å²) in [5.41, 5.74) is 2.44. The first-order valence-corrected chi connectivity index (χ1v) is 8.39. The summed E-state index contributed by atoms with van der Waals surface area (Å²) in [6, 6.07) is 11.6. The van der Waals surface area contributed by atoms with E-state index in [-0.39, 0.29) is 5.82 Å². The second-order valence-corrected chi connectivity index (χ2v) is 5.92. The topological polar surface area (TPSA) is 51.1 Å². The molecular formula is C20H17FN4O. The van der Waals surface area contributed by atoms with Gasteiger partial charge in [0.2, 0.25) is 11.8 Å². The molecule has 3 heterocycles. The van der Waals surface area contributed by atoms with E-state index in [4.69, 9.17) is 4.74 Å². The van der Waals surface area contributed by atoms with Crippen molar-refractivity contribution >= 4 is 11.5 Å². The Morgan fingerprint density at radius 2 is 1.92 bits per heavy atom. The molecule has 6 heteroatoms. The molecule has 0 atom stereocenters. The molecule has 1 aliphatic rings. The van der Waals surface area contributed by atoms with Crippen LogP contribution in [0.5, 0.6) is 11.6 Å². The normalized spacial score (nSPS) is 14.0. The highest BCUT2D eigenvalue weighted by Crippen LogP contribution is 2.25. The van der Waals surface area contributed by atoms with E-state index in [2.05, 4.69) is 32.0 Å². The highest BCUT2D eigenvalue weighted by Gasteiger charge is 2.16. The van der Waals surface area contributed by atoms with Crippen LogP contribution in [-0.2, 0) is 0 Å². The lowest BCUT2D eigenvalue weighted by atomic mass is 10.0. The number of rotatable bonds is 4. The van der Waals surface area contributed by atoms with Crippen LogP contribution in [0.15, 0.2) is 67.1 Å². The van der Waals surface area contributed by atoms with Gasteiger partial charge in [-0.3, -0.25) is 4.98 Å². The van der Waals surface area contributed by atoms with Gasteiger partial charge in [0, 0.05) is 37.7 Å². The molecule has 3 aromatic rings. The van der Waals surface area contributed by atoms with Crippen LogP contribution in [-0.4, -0.2) is 28.0 Å². The maximum absolute atomic E-state index is 13.0. The van der Waals surface area contributed by atoms with E-state index in [1.54, 1.807) is 30.6 Å². The highest BCUT2D eigenvalue weighted by atomic mass is 19.1. The van der Waals surface area contributed by atoms with Gasteiger partial charge in [-0.05, 0) is 47.9 Å². The lowest BCUT2D eigenvalue weighted by Gasteiger charge is -2.26. The zero-order valence-electron chi connectivity index (χ0n) is 14.0. The summed E-state index contributed by atoms with van der Waals surface area (Å²) in [4.78, 5) is 15.1. The van der Waals surface area contributed by atoms with Gasteiger partial charge in [0.05, 0.1) is 0 Å². The first-order valence-electron chi connectivity index (χ1n) is 8.39. The molecule has 0 aliphatic carbocycles. The largest absolute Gasteiger partial charge is 0.439 e. The van der Waals surface area contributed by atoms with E-state index < -0.39 is 0 Å². The number of hydrogen-bond donors (Lipinski definition) is 0. The minimum atomic E-state index is -0.301. The van der Waals surface area contributed by atoms with Gasteiger partial charge in [0.25, 0.3) is 0 Å². The summed E-state index contributed by atoms with van der Waals surface area (Å²) in [6.07, 6.45) is 8.41. The standard InChI is InChI=1S/C20H17FN4O/c21-17-3-5-18(6-4-17)26-19-7-11-23-20(24-19)25-12-8-15(9-13-25)16-2-1-10-22-14-16/h1-8,10-11,14H,9,12-13H2. The molecule has 0 radical (unpaired) electrons. The van der Waals surface area contributed by atoms with E-state index >= 15 is 0 Å². The van der Waals surface area contributed by atoms with Gasteiger partial charge < -0.3 is 9.64 Å². The SMILES string of the molecule is Fc1ccc(Oc2ccnc(N3CC=C(c4cccnc4)CC3)n2)cc1. The van der Waals surface area contributed by atoms with E-state index in [1.165, 1.54) is 17.7 Å². The maximum Gasteiger partial charge on any atom is 0.228 e. The molecule has 26 heavy (non-hydrogen) atoms. The van der Waals surface area contributed by atoms with Crippen LogP contribution in [0, 0.1) is 5.82 Å². The smallest absolute Gasteiger partial charge is 0.228 e. The number of ether oxygens (including phenoxy) is 1. The molecule has 0 unspecified atom stereocenters. The summed E-state index contributed by atoms with van der Waals surface area (Å²) in [5, 5.41) is 0. The Bertz CT molecular complexity index is 913. The fraction of sp³-hybridized carbons (Fsp3) is 0.150. The maximum atomic E-state index is 13.0. The van der Waals surface area contributed by atoms with Crippen molar-refractivity contribution in [1.82, 2.24) is 15.0 Å². The first kappa shape index (κ1) is 16.2. The van der Waals surface area contributed by atoms with Crippen LogP contribution in [0.1, 0.15) is 12.0 Å². The summed E-state index contributed by atoms with van der Waals surface area (Å²) in [5.74, 6) is 1.29. The molecule has 0 fully saturated rings. The molecule has 0 bridgehead atoms. The van der Waals surface area contributed by atoms with Gasteiger partial charge in [-0.2, -0.15) is 4.98 Å². The summed E-state index contributed by atoms with van der Waals surface area (Å²) >= 11 is 0. The Balaban J connectivity index is 1.47. The number of aromatic nitrogens is 3. The molecule has 2 aromatic heterocycles. The molecule has 130 valence electrons. The Hall–Kier alpha value is -3.28. The number of nitrogens with zero attached hydrogens (tertiary/aromatic N) is 4. The molecule has 1 aromatic carbocycles. The minimum Gasteiger partial charge on any atom is -0.439 e. The molecule has 0 saturated heterocycles. The lowest BCUT2D eigenvalue weighted by Crippen LogP contribution is -2.29. The molecule has 0 N–H and O–H groups in total. The zero-order chi connectivity index (χ0) is 17.8. The van der Waals surface area contributed by atoms with Crippen LogP contribution < -0.4 is 9.64 Å². The second kappa shape index (κ2) is 7.31. The third-order valence-corrected chi connectivity index (χ3v) is 4.18. The Morgan fingerprint density at radius 3 is 2.65 bits per heavy atom. The lowest BCUT2D eigenvalue weighted by molar-refractivity contribution is 0.459. The van der Waals surface area contributed by atoms with Gasteiger partial charge in [0.15, 0.2) is 0 Å². The molecule has 0 spiro atoms. The fourth-order valence-electron chi connectivity index (χ4n) is 2.83. The first-order chi connectivity index (χ1) is 12.8. The predicted octanol–water partition coefficient (Wildman–Crippen LogP) is 4.10. The van der Waals surface area contributed by atoms with Crippen molar-refractivity contribution in [3.05, 3.63) is 78.5 Å². The quantitative estimate of drug-likeness (QED) is 0.711. The van der Waals surface area contributed by atoms with Gasteiger partial charge in [-0.1, -0.05) is 12.1 Å². The fourth-order valence-corrected chi connectivity index (χ4v) is 2.83. The Morgan fingerprint density at radius 1 is 1.04 bits per heavy atom. The third-order valence-electron chi connectivity index (χ3n) is 4.18. The van der Waals surface area contributed by atoms with E-state index in [1.807, 2.05) is 12.3 Å². The Labute approximate surface area is 150 Å². The van der Waals surface area contributed by atoms with Crippen LogP contribution >= 0.6 is 0 Å². The van der Waals surface area contributed by atoms with Crippen molar-refractivity contribution in [2.24, 2.45) is 0 Å². The Kier molecular flexibility index (Phi) is 4.55. The number of pyridine rings is 1.